The third-order valence-electron chi connectivity index (χ3n) is 4.21. The van der Waals surface area contributed by atoms with Gasteiger partial charge in [0.2, 0.25) is 6.35 Å². The Kier molecular flexibility index (Phi) is 2.43. The standard InChI is InChI=1S/C13H16ClN3O/c14-10-1-2-12-11(3-10)16-13(18-12)17-6-8-4-15-5-9(8)7-17/h1-3,8-9,13,15-16H,4-7H2/t8-,9?,13?/m1/s1. The van der Waals surface area contributed by atoms with Crippen molar-refractivity contribution in [2.75, 3.05) is 31.5 Å². The van der Waals surface area contributed by atoms with Gasteiger partial charge in [0.05, 0.1) is 5.69 Å². The van der Waals surface area contributed by atoms with Gasteiger partial charge < -0.3 is 15.4 Å². The third-order valence-corrected chi connectivity index (χ3v) is 4.44. The van der Waals surface area contributed by atoms with E-state index >= 15 is 0 Å². The van der Waals surface area contributed by atoms with Crippen LogP contribution in [-0.4, -0.2) is 37.4 Å². The summed E-state index contributed by atoms with van der Waals surface area (Å²) in [7, 11) is 0. The molecule has 0 saturated carbocycles. The van der Waals surface area contributed by atoms with E-state index in [1.165, 1.54) is 0 Å². The molecule has 3 aliphatic rings. The van der Waals surface area contributed by atoms with Crippen LogP contribution in [0.1, 0.15) is 0 Å². The molecule has 0 amide bonds. The molecule has 5 heteroatoms. The van der Waals surface area contributed by atoms with E-state index in [2.05, 4.69) is 15.5 Å². The lowest BCUT2D eigenvalue weighted by molar-refractivity contribution is 0.0744. The molecule has 3 atom stereocenters. The molecule has 2 fully saturated rings. The first-order chi connectivity index (χ1) is 8.79. The zero-order valence-corrected chi connectivity index (χ0v) is 10.8. The van der Waals surface area contributed by atoms with Gasteiger partial charge in [-0.05, 0) is 43.1 Å². The van der Waals surface area contributed by atoms with Gasteiger partial charge in [0, 0.05) is 18.1 Å². The maximum Gasteiger partial charge on any atom is 0.230 e. The second-order valence-electron chi connectivity index (χ2n) is 5.39. The molecule has 1 aromatic carbocycles. The zero-order chi connectivity index (χ0) is 12.1. The van der Waals surface area contributed by atoms with Crippen molar-refractivity contribution < 1.29 is 4.74 Å². The lowest BCUT2D eigenvalue weighted by Gasteiger charge is -2.24. The fourth-order valence-electron chi connectivity index (χ4n) is 3.25. The van der Waals surface area contributed by atoms with Crippen molar-refractivity contribution in [1.82, 2.24) is 10.2 Å². The number of hydrogen-bond donors (Lipinski definition) is 2. The molecule has 18 heavy (non-hydrogen) atoms. The van der Waals surface area contributed by atoms with Gasteiger partial charge in [-0.2, -0.15) is 0 Å². The SMILES string of the molecule is Clc1ccc2c(c1)NC(N1CC3CNC[C@@H]3C1)O2. The molecule has 2 unspecified atom stereocenters. The molecule has 0 spiro atoms. The summed E-state index contributed by atoms with van der Waals surface area (Å²) in [6.45, 7) is 4.51. The van der Waals surface area contributed by atoms with Crippen LogP contribution in [-0.2, 0) is 0 Å². The summed E-state index contributed by atoms with van der Waals surface area (Å²) in [6, 6.07) is 5.73. The summed E-state index contributed by atoms with van der Waals surface area (Å²) >= 11 is 5.99. The van der Waals surface area contributed by atoms with E-state index in [0.29, 0.717) is 0 Å². The molecule has 2 N–H and O–H groups in total. The van der Waals surface area contributed by atoms with E-state index in [9.17, 15) is 0 Å². The maximum absolute atomic E-state index is 5.99. The molecular weight excluding hydrogens is 250 g/mol. The topological polar surface area (TPSA) is 36.5 Å². The second kappa shape index (κ2) is 4.02. The smallest absolute Gasteiger partial charge is 0.230 e. The molecule has 0 bridgehead atoms. The van der Waals surface area contributed by atoms with Gasteiger partial charge in [-0.1, -0.05) is 11.6 Å². The molecule has 2 saturated heterocycles. The molecule has 96 valence electrons. The highest BCUT2D eigenvalue weighted by molar-refractivity contribution is 6.30. The van der Waals surface area contributed by atoms with Crippen LogP contribution in [0.15, 0.2) is 18.2 Å². The van der Waals surface area contributed by atoms with Crippen molar-refractivity contribution in [2.24, 2.45) is 11.8 Å². The van der Waals surface area contributed by atoms with Crippen LogP contribution < -0.4 is 15.4 Å². The van der Waals surface area contributed by atoms with E-state index in [-0.39, 0.29) is 6.35 Å². The molecule has 4 nitrogen and oxygen atoms in total. The van der Waals surface area contributed by atoms with Gasteiger partial charge in [-0.15, -0.1) is 0 Å². The minimum atomic E-state index is -0.0240. The van der Waals surface area contributed by atoms with E-state index in [0.717, 1.165) is 54.5 Å². The summed E-state index contributed by atoms with van der Waals surface area (Å²) in [5, 5.41) is 7.60. The Hall–Kier alpha value is -0.970. The van der Waals surface area contributed by atoms with Gasteiger partial charge in [-0.25, -0.2) is 4.90 Å². The molecule has 0 radical (unpaired) electrons. The number of fused-ring (bicyclic) bond motifs is 2. The van der Waals surface area contributed by atoms with Crippen LogP contribution in [0.2, 0.25) is 5.02 Å². The zero-order valence-electron chi connectivity index (χ0n) is 10.0. The fraction of sp³-hybridized carbons (Fsp3) is 0.538. The van der Waals surface area contributed by atoms with E-state index in [4.69, 9.17) is 16.3 Å². The Bertz CT molecular complexity index is 469. The lowest BCUT2D eigenvalue weighted by Crippen LogP contribution is -2.42. The average molecular weight is 266 g/mol. The normalized spacial score (nSPS) is 33.9. The highest BCUT2D eigenvalue weighted by atomic mass is 35.5. The fourth-order valence-corrected chi connectivity index (χ4v) is 3.42. The monoisotopic (exact) mass is 265 g/mol. The Morgan fingerprint density at radius 3 is 2.78 bits per heavy atom. The van der Waals surface area contributed by atoms with Crippen molar-refractivity contribution in [1.29, 1.82) is 0 Å². The molecule has 0 aromatic heterocycles. The average Bonchev–Trinajstić information content (AvgIpc) is 2.99. The van der Waals surface area contributed by atoms with Crippen LogP contribution in [0, 0.1) is 11.8 Å². The number of halogens is 1. The molecule has 0 aliphatic carbocycles. The van der Waals surface area contributed by atoms with Gasteiger partial charge in [-0.3, -0.25) is 0 Å². The summed E-state index contributed by atoms with van der Waals surface area (Å²) in [5.74, 6) is 2.46. The van der Waals surface area contributed by atoms with Gasteiger partial charge in [0.25, 0.3) is 0 Å². The number of likely N-dealkylation sites (tertiary alicyclic amines) is 1. The Morgan fingerprint density at radius 2 is 2.00 bits per heavy atom. The highest BCUT2D eigenvalue weighted by Gasteiger charge is 2.41. The first kappa shape index (κ1) is 10.9. The van der Waals surface area contributed by atoms with Crippen molar-refractivity contribution in [2.45, 2.75) is 6.35 Å². The van der Waals surface area contributed by atoms with Gasteiger partial charge in [0.15, 0.2) is 0 Å². The molecule has 3 heterocycles. The minimum Gasteiger partial charge on any atom is -0.455 e. The number of hydrogen-bond acceptors (Lipinski definition) is 4. The number of benzene rings is 1. The van der Waals surface area contributed by atoms with Crippen LogP contribution in [0.25, 0.3) is 0 Å². The Balaban J connectivity index is 1.49. The van der Waals surface area contributed by atoms with Crippen molar-refractivity contribution in [3.63, 3.8) is 0 Å². The second-order valence-corrected chi connectivity index (χ2v) is 5.82. The Labute approximate surface area is 111 Å². The third kappa shape index (κ3) is 1.67. The quantitative estimate of drug-likeness (QED) is 0.808. The minimum absolute atomic E-state index is 0.0240. The van der Waals surface area contributed by atoms with Crippen LogP contribution in [0.5, 0.6) is 5.75 Å². The van der Waals surface area contributed by atoms with Crippen molar-refractivity contribution >= 4 is 17.3 Å². The molecule has 1 aromatic rings. The summed E-state index contributed by atoms with van der Waals surface area (Å²) in [5.41, 5.74) is 1.00. The molecule has 3 aliphatic heterocycles. The van der Waals surface area contributed by atoms with Crippen LogP contribution >= 0.6 is 11.6 Å². The Morgan fingerprint density at radius 1 is 1.22 bits per heavy atom. The van der Waals surface area contributed by atoms with E-state index in [1.807, 2.05) is 18.2 Å². The summed E-state index contributed by atoms with van der Waals surface area (Å²) in [4.78, 5) is 2.39. The van der Waals surface area contributed by atoms with Crippen molar-refractivity contribution in [3.05, 3.63) is 23.2 Å². The van der Waals surface area contributed by atoms with Crippen molar-refractivity contribution in [3.8, 4) is 5.75 Å². The van der Waals surface area contributed by atoms with Gasteiger partial charge >= 0.3 is 0 Å². The predicted octanol–water partition coefficient (Wildman–Crippen LogP) is 1.58. The number of nitrogens with one attached hydrogen (secondary N) is 2. The number of ether oxygens (including phenoxy) is 1. The first-order valence-corrected chi connectivity index (χ1v) is 6.85. The highest BCUT2D eigenvalue weighted by Crippen LogP contribution is 2.37. The summed E-state index contributed by atoms with van der Waals surface area (Å²) < 4.78 is 5.95. The van der Waals surface area contributed by atoms with Gasteiger partial charge in [0.1, 0.15) is 5.75 Å². The van der Waals surface area contributed by atoms with Crippen LogP contribution in [0.3, 0.4) is 0 Å². The number of rotatable bonds is 1. The largest absolute Gasteiger partial charge is 0.455 e. The van der Waals surface area contributed by atoms with E-state index < -0.39 is 0 Å². The summed E-state index contributed by atoms with van der Waals surface area (Å²) in [6.07, 6.45) is -0.0240. The number of nitrogens with zero attached hydrogens (tertiary/aromatic N) is 1. The molecule has 4 rings (SSSR count). The first-order valence-electron chi connectivity index (χ1n) is 6.47. The number of anilines is 1. The lowest BCUT2D eigenvalue weighted by atomic mass is 10.0. The van der Waals surface area contributed by atoms with E-state index in [1.54, 1.807) is 0 Å². The predicted molar refractivity (Wildman–Crippen MR) is 70.9 cm³/mol. The maximum atomic E-state index is 5.99. The molecular formula is C13H16ClN3O. The van der Waals surface area contributed by atoms with Crippen LogP contribution in [0.4, 0.5) is 5.69 Å².